The molecule has 0 atom stereocenters. The molecule has 2 heterocycles. The largest absolute Gasteiger partial charge is 0.455 e. The average molecular weight is 939 g/mol. The minimum Gasteiger partial charge on any atom is -0.455 e. The number of hydrogen-bond donors (Lipinski definition) is 0. The molecule has 0 unspecified atom stereocenters. The molecule has 340 valence electrons. The summed E-state index contributed by atoms with van der Waals surface area (Å²) in [6.07, 6.45) is 0. The summed E-state index contributed by atoms with van der Waals surface area (Å²) in [4.78, 5) is 7.14. The van der Waals surface area contributed by atoms with Crippen molar-refractivity contribution in [1.82, 2.24) is 0 Å². The predicted octanol–water partition coefficient (Wildman–Crippen LogP) is 18.8. The van der Waals surface area contributed by atoms with Crippen molar-refractivity contribution in [2.75, 3.05) is 9.80 Å². The second-order valence-corrected chi connectivity index (χ2v) is 21.1. The molecular formula is C68H46N2OS. The minimum absolute atomic E-state index is 0.183. The van der Waals surface area contributed by atoms with Gasteiger partial charge < -0.3 is 14.2 Å². The number of para-hydroxylation sites is 3. The molecule has 4 heteroatoms. The molecule has 2 aliphatic carbocycles. The third kappa shape index (κ3) is 5.81. The van der Waals surface area contributed by atoms with Crippen molar-refractivity contribution in [3.05, 3.63) is 276 Å². The summed E-state index contributed by atoms with van der Waals surface area (Å²) in [5.74, 6) is 0. The van der Waals surface area contributed by atoms with Gasteiger partial charge >= 0.3 is 0 Å². The Hall–Kier alpha value is -8.57. The minimum atomic E-state index is -0.624. The van der Waals surface area contributed by atoms with Gasteiger partial charge in [-0.1, -0.05) is 171 Å². The van der Waals surface area contributed by atoms with Gasteiger partial charge in [0.05, 0.1) is 10.3 Å². The zero-order valence-electron chi connectivity index (χ0n) is 39.8. The fraction of sp³-hybridized carbons (Fsp3) is 0.0588. The molecule has 12 aromatic rings. The number of benzene rings is 11. The van der Waals surface area contributed by atoms with Gasteiger partial charge in [0.15, 0.2) is 0 Å². The predicted molar refractivity (Wildman–Crippen MR) is 300 cm³/mol. The first kappa shape index (κ1) is 41.2. The van der Waals surface area contributed by atoms with Crippen LogP contribution in [-0.4, -0.2) is 0 Å². The Balaban J connectivity index is 0.931. The van der Waals surface area contributed by atoms with E-state index in [-0.39, 0.29) is 5.41 Å². The molecule has 0 fully saturated rings. The molecule has 0 saturated heterocycles. The summed E-state index contributed by atoms with van der Waals surface area (Å²) in [7, 11) is 0. The summed E-state index contributed by atoms with van der Waals surface area (Å²) in [6.45, 7) is 4.77. The summed E-state index contributed by atoms with van der Waals surface area (Å²) in [6, 6.07) is 89.5. The lowest BCUT2D eigenvalue weighted by Gasteiger charge is -2.40. The van der Waals surface area contributed by atoms with Crippen LogP contribution in [0, 0.1) is 0 Å². The van der Waals surface area contributed by atoms with Crippen molar-refractivity contribution in [2.45, 2.75) is 34.5 Å². The van der Waals surface area contributed by atoms with Crippen LogP contribution in [0.1, 0.15) is 47.2 Å². The summed E-state index contributed by atoms with van der Waals surface area (Å²) in [5.41, 5.74) is 20.6. The average Bonchev–Trinajstić information content (AvgIpc) is 4.03. The molecule has 1 spiro atoms. The van der Waals surface area contributed by atoms with E-state index in [0.29, 0.717) is 0 Å². The van der Waals surface area contributed by atoms with Gasteiger partial charge in [0.1, 0.15) is 11.2 Å². The van der Waals surface area contributed by atoms with Gasteiger partial charge in [0, 0.05) is 61.3 Å². The standard InChI is InChI=1S/C68H46N2OS/c1-67(2)60-39-44-19-13-12-18-43(44)38-56(60)53-33-30-48(40-61(53)67)70(47-24-10-5-11-25-47)49-32-37-64-62(41-49)68(57-28-16-14-26-51(57)52-27-15-17-29-58(52)68)59-36-35-55-54-34-31-50(42-63(54)71-65(55)66(59)72-64)69(45-20-6-3-7-21-45)46-22-8-4-9-23-46/h3-42H,1-2H3. The Morgan fingerprint density at radius 3 is 1.49 bits per heavy atom. The lowest BCUT2D eigenvalue weighted by atomic mass is 9.67. The van der Waals surface area contributed by atoms with Crippen LogP contribution in [0.2, 0.25) is 0 Å². The molecule has 3 nitrogen and oxygen atoms in total. The van der Waals surface area contributed by atoms with Crippen molar-refractivity contribution in [3.63, 3.8) is 0 Å². The molecule has 15 rings (SSSR count). The Morgan fingerprint density at radius 2 is 0.833 bits per heavy atom. The van der Waals surface area contributed by atoms with E-state index in [9.17, 15) is 0 Å². The van der Waals surface area contributed by atoms with Gasteiger partial charge in [-0.05, 0) is 157 Å². The summed E-state index contributed by atoms with van der Waals surface area (Å²) >= 11 is 1.84. The molecule has 0 saturated carbocycles. The van der Waals surface area contributed by atoms with Gasteiger partial charge in [-0.2, -0.15) is 0 Å². The van der Waals surface area contributed by atoms with Crippen molar-refractivity contribution >= 4 is 78.6 Å². The van der Waals surface area contributed by atoms with Crippen LogP contribution in [-0.2, 0) is 10.8 Å². The molecule has 0 N–H and O–H groups in total. The molecule has 0 amide bonds. The number of hydrogen-bond acceptors (Lipinski definition) is 4. The molecule has 11 aromatic carbocycles. The molecule has 0 radical (unpaired) electrons. The van der Waals surface area contributed by atoms with Crippen molar-refractivity contribution in [3.8, 4) is 22.3 Å². The number of nitrogens with zero attached hydrogens (tertiary/aromatic N) is 2. The number of rotatable bonds is 6. The van der Waals surface area contributed by atoms with E-state index in [1.807, 2.05) is 11.8 Å². The van der Waals surface area contributed by atoms with Crippen LogP contribution in [0.3, 0.4) is 0 Å². The van der Waals surface area contributed by atoms with E-state index in [0.717, 1.165) is 61.0 Å². The highest BCUT2D eigenvalue weighted by molar-refractivity contribution is 7.99. The van der Waals surface area contributed by atoms with Crippen molar-refractivity contribution in [2.24, 2.45) is 0 Å². The van der Waals surface area contributed by atoms with Gasteiger partial charge in [-0.25, -0.2) is 0 Å². The van der Waals surface area contributed by atoms with Crippen LogP contribution < -0.4 is 9.80 Å². The third-order valence-corrected chi connectivity index (χ3v) is 17.0. The van der Waals surface area contributed by atoms with E-state index >= 15 is 0 Å². The highest BCUT2D eigenvalue weighted by Gasteiger charge is 2.51. The van der Waals surface area contributed by atoms with Crippen LogP contribution in [0.5, 0.6) is 0 Å². The van der Waals surface area contributed by atoms with Gasteiger partial charge in [-0.15, -0.1) is 0 Å². The maximum absolute atomic E-state index is 7.23. The Kier molecular flexibility index (Phi) is 8.86. The zero-order valence-corrected chi connectivity index (χ0v) is 40.6. The smallest absolute Gasteiger partial charge is 0.149 e. The van der Waals surface area contributed by atoms with E-state index in [1.165, 1.54) is 71.3 Å². The Morgan fingerprint density at radius 1 is 0.347 bits per heavy atom. The van der Waals surface area contributed by atoms with Gasteiger partial charge in [-0.3, -0.25) is 0 Å². The highest BCUT2D eigenvalue weighted by Crippen LogP contribution is 2.64. The summed E-state index contributed by atoms with van der Waals surface area (Å²) in [5, 5.41) is 4.78. The van der Waals surface area contributed by atoms with Crippen LogP contribution in [0.25, 0.3) is 55.0 Å². The molecular weight excluding hydrogens is 893 g/mol. The molecule has 1 aliphatic heterocycles. The van der Waals surface area contributed by atoms with E-state index < -0.39 is 5.41 Å². The molecule has 3 aliphatic rings. The van der Waals surface area contributed by atoms with E-state index in [1.54, 1.807) is 0 Å². The van der Waals surface area contributed by atoms with Crippen molar-refractivity contribution in [1.29, 1.82) is 0 Å². The van der Waals surface area contributed by atoms with Gasteiger partial charge in [0.25, 0.3) is 0 Å². The molecule has 0 bridgehead atoms. The van der Waals surface area contributed by atoms with Crippen molar-refractivity contribution < 1.29 is 4.42 Å². The monoisotopic (exact) mass is 938 g/mol. The number of anilines is 6. The first-order valence-corrected chi connectivity index (χ1v) is 25.7. The van der Waals surface area contributed by atoms with Crippen LogP contribution in [0.4, 0.5) is 34.1 Å². The van der Waals surface area contributed by atoms with E-state index in [4.69, 9.17) is 4.42 Å². The number of fused-ring (bicyclic) bond motifs is 17. The highest BCUT2D eigenvalue weighted by atomic mass is 32.2. The Labute approximate surface area is 423 Å². The molecule has 1 aromatic heterocycles. The fourth-order valence-corrected chi connectivity index (χ4v) is 13.9. The second kappa shape index (κ2) is 15.5. The second-order valence-electron chi connectivity index (χ2n) is 20.0. The van der Waals surface area contributed by atoms with Crippen LogP contribution in [0.15, 0.2) is 257 Å². The normalized spacial score (nSPS) is 14.1. The first-order chi connectivity index (χ1) is 35.4. The van der Waals surface area contributed by atoms with Gasteiger partial charge in [0.2, 0.25) is 0 Å². The fourth-order valence-electron chi connectivity index (χ4n) is 12.6. The maximum atomic E-state index is 7.23. The quantitative estimate of drug-likeness (QED) is 0.165. The maximum Gasteiger partial charge on any atom is 0.149 e. The third-order valence-electron chi connectivity index (χ3n) is 15.9. The lowest BCUT2D eigenvalue weighted by molar-refractivity contribution is 0.649. The SMILES string of the molecule is CC1(C)c2cc(N(c3ccccc3)c3ccc4c(c3)C3(c5ccccc5-c5ccccc53)c3ccc5c(oc6cc(N(c7ccccc7)c7ccccc7)ccc65)c3S4)ccc2-c2cc3ccccc3cc21. The van der Waals surface area contributed by atoms with E-state index in [2.05, 4.69) is 266 Å². The number of furan rings is 1. The molecule has 72 heavy (non-hydrogen) atoms. The zero-order chi connectivity index (χ0) is 47.7. The topological polar surface area (TPSA) is 19.6 Å². The summed E-state index contributed by atoms with van der Waals surface area (Å²) < 4.78 is 7.23. The first-order valence-electron chi connectivity index (χ1n) is 24.9. The van der Waals surface area contributed by atoms with Crippen LogP contribution >= 0.6 is 11.8 Å². The Bertz CT molecular complexity index is 4090. The lowest BCUT2D eigenvalue weighted by Crippen LogP contribution is -2.32.